The first-order valence-corrected chi connectivity index (χ1v) is 5.39. The van der Waals surface area contributed by atoms with Crippen molar-refractivity contribution in [1.82, 2.24) is 9.97 Å². The average Bonchev–Trinajstić information content (AvgIpc) is 2.58. The lowest BCUT2D eigenvalue weighted by molar-refractivity contribution is 1.16. The van der Waals surface area contributed by atoms with Crippen molar-refractivity contribution < 1.29 is 0 Å². The van der Waals surface area contributed by atoms with Gasteiger partial charge < -0.3 is 9.97 Å². The van der Waals surface area contributed by atoms with Crippen molar-refractivity contribution in [3.8, 4) is 0 Å². The van der Waals surface area contributed by atoms with E-state index in [4.69, 9.17) is 12.2 Å². The first kappa shape index (κ1) is 10.8. The van der Waals surface area contributed by atoms with Gasteiger partial charge in [-0.25, -0.2) is 4.79 Å². The molecule has 0 radical (unpaired) electrons. The fraction of sp³-hybridized carbons (Fsp3) is 0.167. The van der Waals surface area contributed by atoms with Crippen LogP contribution in [0.15, 0.2) is 29.1 Å². The molecule has 16 heavy (non-hydrogen) atoms. The molecule has 0 saturated heterocycles. The largest absolute Gasteiger partial charge is 0.323 e. The van der Waals surface area contributed by atoms with Crippen molar-refractivity contribution in [2.24, 2.45) is 0 Å². The third-order valence-corrected chi connectivity index (χ3v) is 2.96. The summed E-state index contributed by atoms with van der Waals surface area (Å²) in [6, 6.07) is 7.87. The summed E-state index contributed by atoms with van der Waals surface area (Å²) in [7, 11) is 0. The van der Waals surface area contributed by atoms with E-state index in [1.54, 1.807) is 0 Å². The zero-order valence-corrected chi connectivity index (χ0v) is 9.94. The molecule has 0 fully saturated rings. The molecule has 2 N–H and O–H groups in total. The zero-order valence-electron chi connectivity index (χ0n) is 9.13. The van der Waals surface area contributed by atoms with Crippen LogP contribution in [0.1, 0.15) is 22.5 Å². The summed E-state index contributed by atoms with van der Waals surface area (Å²) in [5.41, 5.74) is 3.35. The lowest BCUT2D eigenvalue weighted by Crippen LogP contribution is -2.06. The summed E-state index contributed by atoms with van der Waals surface area (Å²) >= 11 is 5.39. The van der Waals surface area contributed by atoms with Crippen LogP contribution in [0.2, 0.25) is 0 Å². The van der Waals surface area contributed by atoms with Crippen LogP contribution in [0, 0.1) is 13.8 Å². The Morgan fingerprint density at radius 3 is 2.44 bits per heavy atom. The molecule has 2 aromatic rings. The van der Waals surface area contributed by atoms with Crippen molar-refractivity contribution in [1.29, 1.82) is 0 Å². The van der Waals surface area contributed by atoms with Crippen molar-refractivity contribution in [3.05, 3.63) is 57.3 Å². The van der Waals surface area contributed by atoms with Gasteiger partial charge in [0.2, 0.25) is 0 Å². The molecule has 0 aliphatic heterocycles. The monoisotopic (exact) mass is 232 g/mol. The number of imidazole rings is 1. The van der Waals surface area contributed by atoms with Gasteiger partial charge in [0.25, 0.3) is 0 Å². The van der Waals surface area contributed by atoms with E-state index in [0.717, 1.165) is 16.8 Å². The van der Waals surface area contributed by atoms with Gasteiger partial charge in [0.1, 0.15) is 0 Å². The minimum absolute atomic E-state index is 0.219. The van der Waals surface area contributed by atoms with Crippen LogP contribution >= 0.6 is 12.2 Å². The average molecular weight is 232 g/mol. The van der Waals surface area contributed by atoms with Gasteiger partial charge in [-0.15, -0.1) is 0 Å². The lowest BCUT2D eigenvalue weighted by Gasteiger charge is -2.06. The van der Waals surface area contributed by atoms with Gasteiger partial charge in [-0.3, -0.25) is 0 Å². The van der Waals surface area contributed by atoms with Gasteiger partial charge in [-0.05, 0) is 25.0 Å². The Bertz CT molecular complexity index is 595. The fourth-order valence-electron chi connectivity index (χ4n) is 1.66. The number of aryl methyl sites for hydroxylation is 2. The number of hydrogen-bond donors (Lipinski definition) is 2. The van der Waals surface area contributed by atoms with Crippen LogP contribution in [0.3, 0.4) is 0 Å². The highest BCUT2D eigenvalue weighted by Crippen LogP contribution is 2.14. The number of thiocarbonyl (C=S) groups is 1. The lowest BCUT2D eigenvalue weighted by atomic mass is 10.0. The fourth-order valence-corrected chi connectivity index (χ4v) is 2.09. The molecular formula is C12H12N2OS. The second-order valence-electron chi connectivity index (χ2n) is 3.72. The molecule has 1 aromatic heterocycles. The molecule has 4 heteroatoms. The van der Waals surface area contributed by atoms with E-state index in [9.17, 15) is 4.79 Å². The molecule has 2 rings (SSSR count). The second kappa shape index (κ2) is 4.06. The van der Waals surface area contributed by atoms with E-state index in [2.05, 4.69) is 9.97 Å². The number of rotatable bonds is 2. The number of benzene rings is 1. The van der Waals surface area contributed by atoms with Crippen molar-refractivity contribution in [3.63, 3.8) is 0 Å². The third kappa shape index (κ3) is 1.84. The molecule has 0 amide bonds. The molecule has 0 unspecified atom stereocenters. The number of H-pyrrole nitrogens is 2. The Morgan fingerprint density at radius 1 is 1.19 bits per heavy atom. The molecule has 0 saturated carbocycles. The van der Waals surface area contributed by atoms with Crippen LogP contribution in [0.5, 0.6) is 0 Å². The summed E-state index contributed by atoms with van der Waals surface area (Å²) in [5.74, 6) is 0. The summed E-state index contributed by atoms with van der Waals surface area (Å²) in [6.07, 6.45) is 0. The molecule has 0 aliphatic rings. The van der Waals surface area contributed by atoms with Gasteiger partial charge in [0.15, 0.2) is 0 Å². The van der Waals surface area contributed by atoms with Crippen LogP contribution in [-0.4, -0.2) is 14.8 Å². The van der Waals surface area contributed by atoms with Crippen LogP contribution in [0.25, 0.3) is 0 Å². The molecule has 82 valence electrons. The minimum Gasteiger partial charge on any atom is -0.310 e. The number of aromatic amines is 2. The Labute approximate surface area is 98.5 Å². The Balaban J connectivity index is 2.51. The highest BCUT2D eigenvalue weighted by Gasteiger charge is 2.11. The standard InChI is InChI=1S/C12H12N2OS/c1-7-5-3-4-6-9(7)11(16)10-8(2)13-12(15)14-10/h3-6H,1-2H3,(H2,13,14,15). The number of hydrogen-bond acceptors (Lipinski definition) is 2. The molecular weight excluding hydrogens is 220 g/mol. The van der Waals surface area contributed by atoms with Gasteiger partial charge in [0, 0.05) is 5.69 Å². The third-order valence-electron chi connectivity index (χ3n) is 2.53. The topological polar surface area (TPSA) is 48.6 Å². The molecule has 1 heterocycles. The van der Waals surface area contributed by atoms with Crippen LogP contribution < -0.4 is 5.69 Å². The molecule has 0 aliphatic carbocycles. The van der Waals surface area contributed by atoms with Crippen molar-refractivity contribution in [2.75, 3.05) is 0 Å². The summed E-state index contributed by atoms with van der Waals surface area (Å²) in [6.45, 7) is 3.83. The normalized spacial score (nSPS) is 10.4. The summed E-state index contributed by atoms with van der Waals surface area (Å²) in [5, 5.41) is 0. The molecule has 0 atom stereocenters. The van der Waals surface area contributed by atoms with Gasteiger partial charge in [-0.2, -0.15) is 0 Å². The second-order valence-corrected chi connectivity index (χ2v) is 4.13. The van der Waals surface area contributed by atoms with E-state index in [0.29, 0.717) is 10.6 Å². The Morgan fingerprint density at radius 2 is 1.88 bits per heavy atom. The van der Waals surface area contributed by atoms with Crippen molar-refractivity contribution in [2.45, 2.75) is 13.8 Å². The van der Waals surface area contributed by atoms with Gasteiger partial charge in [0.05, 0.1) is 10.6 Å². The predicted molar refractivity (Wildman–Crippen MR) is 68.1 cm³/mol. The SMILES string of the molecule is Cc1ccccc1C(=S)c1[nH]c(=O)[nH]c1C. The van der Waals surface area contributed by atoms with Gasteiger partial charge >= 0.3 is 5.69 Å². The quantitative estimate of drug-likeness (QED) is 0.615. The maximum atomic E-state index is 11.2. The summed E-state index contributed by atoms with van der Waals surface area (Å²) < 4.78 is 0. The first-order chi connectivity index (χ1) is 7.59. The van der Waals surface area contributed by atoms with E-state index >= 15 is 0 Å². The van der Waals surface area contributed by atoms with Crippen LogP contribution in [0.4, 0.5) is 0 Å². The number of nitrogens with one attached hydrogen (secondary N) is 2. The minimum atomic E-state index is -0.219. The van der Waals surface area contributed by atoms with Crippen molar-refractivity contribution >= 4 is 17.1 Å². The maximum absolute atomic E-state index is 11.2. The highest BCUT2D eigenvalue weighted by atomic mass is 32.1. The molecule has 0 spiro atoms. The zero-order chi connectivity index (χ0) is 11.7. The summed E-state index contributed by atoms with van der Waals surface area (Å²) in [4.78, 5) is 17.2. The smallest absolute Gasteiger partial charge is 0.310 e. The predicted octanol–water partition coefficient (Wildman–Crippen LogP) is 2.09. The van der Waals surface area contributed by atoms with E-state index in [1.165, 1.54) is 0 Å². The highest BCUT2D eigenvalue weighted by molar-refractivity contribution is 7.81. The maximum Gasteiger partial charge on any atom is 0.323 e. The molecule has 3 nitrogen and oxygen atoms in total. The Kier molecular flexibility index (Phi) is 2.75. The Hall–Kier alpha value is -1.68. The number of aromatic nitrogens is 2. The van der Waals surface area contributed by atoms with E-state index in [-0.39, 0.29) is 5.69 Å². The molecule has 0 bridgehead atoms. The molecule has 1 aromatic carbocycles. The van der Waals surface area contributed by atoms with E-state index < -0.39 is 0 Å². The van der Waals surface area contributed by atoms with Crippen LogP contribution in [-0.2, 0) is 0 Å². The van der Waals surface area contributed by atoms with E-state index in [1.807, 2.05) is 38.1 Å². The van der Waals surface area contributed by atoms with Gasteiger partial charge in [-0.1, -0.05) is 36.5 Å². The first-order valence-electron chi connectivity index (χ1n) is 4.99.